The minimum atomic E-state index is -0.265. The smallest absolute Gasteiger partial charge is 0.127 e. The summed E-state index contributed by atoms with van der Waals surface area (Å²) >= 11 is 0. The van der Waals surface area contributed by atoms with Gasteiger partial charge in [0.25, 0.3) is 0 Å². The van der Waals surface area contributed by atoms with E-state index in [0.717, 1.165) is 34.1 Å². The van der Waals surface area contributed by atoms with Crippen molar-refractivity contribution >= 4 is 26.5 Å². The average Bonchev–Trinajstić information content (AvgIpc) is 3.07. The third-order valence-corrected chi connectivity index (χ3v) is 18.2. The van der Waals surface area contributed by atoms with Crippen LogP contribution < -0.4 is 20.1 Å². The Morgan fingerprint density at radius 3 is 0.976 bits per heavy atom. The first-order chi connectivity index (χ1) is 20.8. The molecule has 4 fully saturated rings. The van der Waals surface area contributed by atoms with E-state index in [9.17, 15) is 0 Å². The molecule has 0 saturated heterocycles. The fourth-order valence-electron chi connectivity index (χ4n) is 9.13. The normalized spacial score (nSPS) is 22.1. The van der Waals surface area contributed by atoms with E-state index in [1.807, 2.05) is 14.2 Å². The van der Waals surface area contributed by atoms with Crippen molar-refractivity contribution in [1.82, 2.24) is 0 Å². The Kier molecular flexibility index (Phi) is 11.2. The van der Waals surface area contributed by atoms with Gasteiger partial charge in [-0.25, -0.2) is 0 Å². The van der Waals surface area contributed by atoms with Crippen molar-refractivity contribution in [2.24, 2.45) is 0 Å². The van der Waals surface area contributed by atoms with Crippen molar-refractivity contribution in [2.45, 2.75) is 151 Å². The van der Waals surface area contributed by atoms with Gasteiger partial charge >= 0.3 is 0 Å². The van der Waals surface area contributed by atoms with Gasteiger partial charge in [0.1, 0.15) is 11.5 Å². The third-order valence-electron chi connectivity index (χ3n) is 11.1. The summed E-state index contributed by atoms with van der Waals surface area (Å²) in [5.74, 6) is 2.17. The highest BCUT2D eigenvalue weighted by Crippen LogP contribution is 2.60. The fourth-order valence-corrected chi connectivity index (χ4v) is 17.1. The lowest BCUT2D eigenvalue weighted by molar-refractivity contribution is 0.410. The molecule has 2 aromatic carbocycles. The summed E-state index contributed by atoms with van der Waals surface area (Å²) in [7, 11) is 3.29. The Bertz CT molecular complexity index is 998. The number of hydrogen-bond donors (Lipinski definition) is 0. The number of benzene rings is 2. The molecule has 0 N–H and O–H groups in total. The topological polar surface area (TPSA) is 18.5 Å². The zero-order valence-electron chi connectivity index (χ0n) is 26.6. The van der Waals surface area contributed by atoms with Gasteiger partial charge in [-0.1, -0.05) is 117 Å². The SMILES string of the molecule is COc1cccc(P(C2CCCCC2)C2CCCCC2)c1-c1c(OC)cccc1P(C1CCCCC1)C1CCCCC1. The maximum absolute atomic E-state index is 6.35. The van der Waals surface area contributed by atoms with Crippen LogP contribution in [0.4, 0.5) is 0 Å². The molecular weight excluding hydrogens is 550 g/mol. The van der Waals surface area contributed by atoms with E-state index in [1.165, 1.54) is 140 Å². The molecule has 0 atom stereocenters. The molecule has 0 unspecified atom stereocenters. The molecule has 4 saturated carbocycles. The molecule has 4 heteroatoms. The highest BCUT2D eigenvalue weighted by molar-refractivity contribution is 7.68. The minimum Gasteiger partial charge on any atom is -0.496 e. The summed E-state index contributed by atoms with van der Waals surface area (Å²) in [6, 6.07) is 14.2. The predicted octanol–water partition coefficient (Wildman–Crippen LogP) is 10.9. The van der Waals surface area contributed by atoms with Gasteiger partial charge in [-0.3, -0.25) is 0 Å². The first kappa shape index (κ1) is 30.9. The van der Waals surface area contributed by atoms with Crippen molar-refractivity contribution in [1.29, 1.82) is 0 Å². The largest absolute Gasteiger partial charge is 0.496 e. The molecule has 0 radical (unpaired) electrons. The molecule has 0 heterocycles. The van der Waals surface area contributed by atoms with Crippen LogP contribution in [0.5, 0.6) is 11.5 Å². The zero-order chi connectivity index (χ0) is 28.7. The Labute approximate surface area is 259 Å². The van der Waals surface area contributed by atoms with E-state index in [4.69, 9.17) is 9.47 Å². The lowest BCUT2D eigenvalue weighted by atomic mass is 9.99. The standard InChI is InChI=1S/C38H56O2P2/c1-39-33-25-15-27-35(41(29-17-7-3-8-18-29)30-19-9-4-10-20-30)37(33)38-34(40-2)26-16-28-36(38)42(31-21-11-5-12-22-31)32-23-13-6-14-24-32/h15-16,25-32H,3-14,17-24H2,1-2H3. The number of hydrogen-bond acceptors (Lipinski definition) is 2. The molecule has 42 heavy (non-hydrogen) atoms. The van der Waals surface area contributed by atoms with Gasteiger partial charge < -0.3 is 9.47 Å². The highest BCUT2D eigenvalue weighted by atomic mass is 31.1. The summed E-state index contributed by atoms with van der Waals surface area (Å²) in [4.78, 5) is 0. The van der Waals surface area contributed by atoms with Crippen molar-refractivity contribution in [3.63, 3.8) is 0 Å². The molecule has 2 aromatic rings. The average molecular weight is 607 g/mol. The van der Waals surface area contributed by atoms with Crippen LogP contribution in [0.1, 0.15) is 128 Å². The first-order valence-electron chi connectivity index (χ1n) is 17.7. The molecule has 0 aromatic heterocycles. The Morgan fingerprint density at radius 2 is 0.714 bits per heavy atom. The molecule has 0 bridgehead atoms. The van der Waals surface area contributed by atoms with Crippen LogP contribution in [0.15, 0.2) is 36.4 Å². The maximum Gasteiger partial charge on any atom is 0.127 e. The molecule has 4 aliphatic rings. The van der Waals surface area contributed by atoms with E-state index >= 15 is 0 Å². The maximum atomic E-state index is 6.35. The van der Waals surface area contributed by atoms with Crippen LogP contribution >= 0.6 is 15.8 Å². The van der Waals surface area contributed by atoms with Crippen molar-refractivity contribution in [3.8, 4) is 22.6 Å². The fraction of sp³-hybridized carbons (Fsp3) is 0.684. The van der Waals surface area contributed by atoms with E-state index in [0.29, 0.717) is 0 Å². The highest BCUT2D eigenvalue weighted by Gasteiger charge is 2.38. The van der Waals surface area contributed by atoms with Gasteiger partial charge in [-0.15, -0.1) is 0 Å². The van der Waals surface area contributed by atoms with Crippen LogP contribution in [-0.4, -0.2) is 36.9 Å². The van der Waals surface area contributed by atoms with Gasteiger partial charge in [-0.2, -0.15) is 0 Å². The van der Waals surface area contributed by atoms with Crippen LogP contribution in [-0.2, 0) is 0 Å². The Hall–Kier alpha value is -1.10. The minimum absolute atomic E-state index is 0.265. The van der Waals surface area contributed by atoms with Crippen molar-refractivity contribution in [3.05, 3.63) is 36.4 Å². The number of methoxy groups -OCH3 is 2. The quantitative estimate of drug-likeness (QED) is 0.264. The van der Waals surface area contributed by atoms with Crippen molar-refractivity contribution in [2.75, 3.05) is 14.2 Å². The van der Waals surface area contributed by atoms with Crippen LogP contribution in [0.25, 0.3) is 11.1 Å². The van der Waals surface area contributed by atoms with E-state index < -0.39 is 0 Å². The summed E-state index contributed by atoms with van der Waals surface area (Å²) in [5, 5.41) is 3.30. The van der Waals surface area contributed by atoms with Gasteiger partial charge in [0.2, 0.25) is 0 Å². The molecule has 0 aliphatic heterocycles. The van der Waals surface area contributed by atoms with Crippen molar-refractivity contribution < 1.29 is 9.47 Å². The molecule has 6 rings (SSSR count). The molecule has 0 amide bonds. The van der Waals surface area contributed by atoms with Crippen LogP contribution in [0.3, 0.4) is 0 Å². The van der Waals surface area contributed by atoms with Gasteiger partial charge in [0, 0.05) is 11.1 Å². The van der Waals surface area contributed by atoms with Gasteiger partial charge in [0.05, 0.1) is 14.2 Å². The lowest BCUT2D eigenvalue weighted by Gasteiger charge is -2.41. The molecule has 0 spiro atoms. The summed E-state index contributed by atoms with van der Waals surface area (Å²) in [6.45, 7) is 0. The monoisotopic (exact) mass is 606 g/mol. The molecule has 4 aliphatic carbocycles. The summed E-state index contributed by atoms with van der Waals surface area (Å²) in [6.07, 6.45) is 28.5. The van der Waals surface area contributed by atoms with E-state index in [2.05, 4.69) is 36.4 Å². The van der Waals surface area contributed by atoms with Gasteiger partial charge in [-0.05, 0) is 96.7 Å². The molecule has 230 valence electrons. The Balaban J connectivity index is 1.54. The zero-order valence-corrected chi connectivity index (χ0v) is 28.4. The van der Waals surface area contributed by atoms with Crippen LogP contribution in [0.2, 0.25) is 0 Å². The van der Waals surface area contributed by atoms with E-state index in [-0.39, 0.29) is 15.8 Å². The lowest BCUT2D eigenvalue weighted by Crippen LogP contribution is -2.30. The summed E-state index contributed by atoms with van der Waals surface area (Å²) < 4.78 is 12.7. The van der Waals surface area contributed by atoms with E-state index in [1.54, 1.807) is 10.6 Å². The van der Waals surface area contributed by atoms with Gasteiger partial charge in [0.15, 0.2) is 0 Å². The number of ether oxygens (including phenoxy) is 2. The Morgan fingerprint density at radius 1 is 0.429 bits per heavy atom. The second kappa shape index (κ2) is 15.3. The predicted molar refractivity (Wildman–Crippen MR) is 186 cm³/mol. The third kappa shape index (κ3) is 6.76. The second-order valence-electron chi connectivity index (χ2n) is 13.7. The molecule has 2 nitrogen and oxygen atoms in total. The second-order valence-corrected chi connectivity index (χ2v) is 19.2. The van der Waals surface area contributed by atoms with Crippen LogP contribution in [0, 0.1) is 0 Å². The number of rotatable bonds is 9. The summed E-state index contributed by atoms with van der Waals surface area (Å²) in [5.41, 5.74) is 6.29. The molecular formula is C38H56O2P2. The first-order valence-corrected chi connectivity index (χ1v) is 20.7.